The highest BCUT2D eigenvalue weighted by atomic mass is 32.1. The molecule has 0 amide bonds. The van der Waals surface area contributed by atoms with E-state index in [-0.39, 0.29) is 0 Å². The van der Waals surface area contributed by atoms with Gasteiger partial charge in [0.05, 0.1) is 5.56 Å². The molecule has 1 aliphatic heterocycles. The highest BCUT2D eigenvalue weighted by Crippen LogP contribution is 2.37. The third-order valence-electron chi connectivity index (χ3n) is 4.11. The van der Waals surface area contributed by atoms with E-state index in [4.69, 9.17) is 0 Å². The average molecular weight is 278 g/mol. The number of thiophene rings is 1. The van der Waals surface area contributed by atoms with Crippen molar-refractivity contribution in [3.05, 3.63) is 65.2 Å². The SMILES string of the molecule is Cc1ccc(-c2ccc3c(c2)-c2cccc[n+]2C3C)s1. The Morgan fingerprint density at radius 2 is 1.95 bits per heavy atom. The second-order valence-corrected chi connectivity index (χ2v) is 6.67. The van der Waals surface area contributed by atoms with Crippen molar-refractivity contribution in [1.29, 1.82) is 0 Å². The summed E-state index contributed by atoms with van der Waals surface area (Å²) in [5, 5.41) is 0. The molecule has 0 N–H and O–H groups in total. The van der Waals surface area contributed by atoms with Gasteiger partial charge in [0.1, 0.15) is 0 Å². The molecule has 98 valence electrons. The highest BCUT2D eigenvalue weighted by molar-refractivity contribution is 7.15. The van der Waals surface area contributed by atoms with E-state index in [1.54, 1.807) is 0 Å². The summed E-state index contributed by atoms with van der Waals surface area (Å²) in [6, 6.07) is 18.2. The first-order valence-corrected chi connectivity index (χ1v) is 7.77. The number of fused-ring (bicyclic) bond motifs is 3. The fourth-order valence-electron chi connectivity index (χ4n) is 3.06. The molecule has 3 heterocycles. The molecule has 0 spiro atoms. The Hall–Kier alpha value is -1.93. The largest absolute Gasteiger partial charge is 0.213 e. The van der Waals surface area contributed by atoms with Crippen molar-refractivity contribution in [1.82, 2.24) is 0 Å². The van der Waals surface area contributed by atoms with Crippen molar-refractivity contribution in [3.63, 3.8) is 0 Å². The zero-order valence-electron chi connectivity index (χ0n) is 11.6. The van der Waals surface area contributed by atoms with Gasteiger partial charge in [-0.2, -0.15) is 4.57 Å². The highest BCUT2D eigenvalue weighted by Gasteiger charge is 2.32. The maximum Gasteiger partial charge on any atom is 0.213 e. The van der Waals surface area contributed by atoms with Gasteiger partial charge in [-0.1, -0.05) is 12.1 Å². The first kappa shape index (κ1) is 11.9. The van der Waals surface area contributed by atoms with Crippen LogP contribution in [0, 0.1) is 6.92 Å². The van der Waals surface area contributed by atoms with Gasteiger partial charge in [0.15, 0.2) is 12.2 Å². The first-order chi connectivity index (χ1) is 9.74. The molecule has 0 radical (unpaired) electrons. The first-order valence-electron chi connectivity index (χ1n) is 6.95. The Morgan fingerprint density at radius 1 is 1.05 bits per heavy atom. The number of nitrogens with zero attached hydrogens (tertiary/aromatic N) is 1. The van der Waals surface area contributed by atoms with E-state index >= 15 is 0 Å². The van der Waals surface area contributed by atoms with Crippen LogP contribution in [-0.2, 0) is 0 Å². The molecular formula is C18H16NS+. The fourth-order valence-corrected chi connectivity index (χ4v) is 3.92. The summed E-state index contributed by atoms with van der Waals surface area (Å²) < 4.78 is 2.36. The number of aromatic nitrogens is 1. The maximum absolute atomic E-state index is 2.36. The maximum atomic E-state index is 2.36. The predicted molar refractivity (Wildman–Crippen MR) is 83.9 cm³/mol. The van der Waals surface area contributed by atoms with E-state index in [9.17, 15) is 0 Å². The third kappa shape index (κ3) is 1.65. The molecule has 0 bridgehead atoms. The van der Waals surface area contributed by atoms with Gasteiger partial charge in [-0.25, -0.2) is 0 Å². The molecule has 0 aliphatic carbocycles. The van der Waals surface area contributed by atoms with Crippen molar-refractivity contribution < 1.29 is 4.57 Å². The van der Waals surface area contributed by atoms with E-state index < -0.39 is 0 Å². The quantitative estimate of drug-likeness (QED) is 0.573. The van der Waals surface area contributed by atoms with Crippen molar-refractivity contribution in [2.45, 2.75) is 19.9 Å². The standard InChI is InChI=1S/C18H16NS/c1-12-6-9-18(20-12)14-7-8-15-13(2)19-10-4-3-5-17(19)16(15)11-14/h3-11,13H,1-2H3/q+1. The number of pyridine rings is 1. The van der Waals surface area contributed by atoms with Crippen LogP contribution in [0.3, 0.4) is 0 Å². The molecule has 3 aromatic rings. The Kier molecular flexibility index (Phi) is 2.54. The Balaban J connectivity index is 1.91. The van der Waals surface area contributed by atoms with Crippen molar-refractivity contribution in [2.24, 2.45) is 0 Å². The summed E-state index contributed by atoms with van der Waals surface area (Å²) in [6.45, 7) is 4.43. The van der Waals surface area contributed by atoms with E-state index in [1.165, 1.54) is 32.1 Å². The molecule has 1 unspecified atom stereocenters. The lowest BCUT2D eigenvalue weighted by atomic mass is 10.00. The molecule has 1 aromatic carbocycles. The van der Waals surface area contributed by atoms with Gasteiger partial charge >= 0.3 is 0 Å². The third-order valence-corrected chi connectivity index (χ3v) is 5.16. The molecule has 0 fully saturated rings. The van der Waals surface area contributed by atoms with E-state index in [2.05, 4.69) is 73.1 Å². The summed E-state index contributed by atoms with van der Waals surface area (Å²) in [5.74, 6) is 0. The van der Waals surface area contributed by atoms with Gasteiger partial charge in [-0.3, -0.25) is 0 Å². The Morgan fingerprint density at radius 3 is 2.75 bits per heavy atom. The molecule has 1 aliphatic rings. The molecule has 0 saturated heterocycles. The van der Waals surface area contributed by atoms with Crippen LogP contribution in [0.2, 0.25) is 0 Å². The van der Waals surface area contributed by atoms with Crippen LogP contribution in [-0.4, -0.2) is 0 Å². The minimum absolute atomic E-state index is 0.431. The molecule has 20 heavy (non-hydrogen) atoms. The van der Waals surface area contributed by atoms with Gasteiger partial charge < -0.3 is 0 Å². The minimum Gasteiger partial charge on any atom is -0.191 e. The van der Waals surface area contributed by atoms with Crippen LogP contribution < -0.4 is 4.57 Å². The van der Waals surface area contributed by atoms with E-state index in [0.717, 1.165) is 0 Å². The van der Waals surface area contributed by atoms with Gasteiger partial charge in [0.25, 0.3) is 0 Å². The normalized spacial score (nSPS) is 16.0. The molecule has 0 saturated carbocycles. The van der Waals surface area contributed by atoms with Crippen LogP contribution in [0.15, 0.2) is 54.7 Å². The Labute approximate surface area is 123 Å². The number of hydrogen-bond donors (Lipinski definition) is 0. The second-order valence-electron chi connectivity index (χ2n) is 5.38. The molecule has 2 aromatic heterocycles. The minimum atomic E-state index is 0.431. The smallest absolute Gasteiger partial charge is 0.191 e. The summed E-state index contributed by atoms with van der Waals surface area (Å²) in [6.07, 6.45) is 2.18. The van der Waals surface area contributed by atoms with Crippen molar-refractivity contribution in [3.8, 4) is 21.7 Å². The predicted octanol–water partition coefficient (Wildman–Crippen LogP) is 4.60. The number of rotatable bonds is 1. The van der Waals surface area contributed by atoms with Crippen molar-refractivity contribution >= 4 is 11.3 Å². The van der Waals surface area contributed by atoms with Crippen molar-refractivity contribution in [2.75, 3.05) is 0 Å². The topological polar surface area (TPSA) is 3.88 Å². The zero-order valence-corrected chi connectivity index (χ0v) is 12.4. The van der Waals surface area contributed by atoms with Gasteiger partial charge in [-0.05, 0) is 36.8 Å². The Bertz CT molecular complexity index is 801. The van der Waals surface area contributed by atoms with E-state index in [1.807, 2.05) is 11.3 Å². The van der Waals surface area contributed by atoms with Gasteiger partial charge in [0.2, 0.25) is 5.69 Å². The lowest BCUT2D eigenvalue weighted by Gasteiger charge is -2.02. The fraction of sp³-hybridized carbons (Fsp3) is 0.167. The number of benzene rings is 1. The van der Waals surface area contributed by atoms with Gasteiger partial charge in [-0.15, -0.1) is 11.3 Å². The van der Waals surface area contributed by atoms with Crippen LogP contribution in [0.4, 0.5) is 0 Å². The average Bonchev–Trinajstić information content (AvgIpc) is 3.03. The van der Waals surface area contributed by atoms with E-state index in [0.29, 0.717) is 6.04 Å². The molecule has 1 atom stereocenters. The van der Waals surface area contributed by atoms with Crippen LogP contribution in [0.25, 0.3) is 21.7 Å². The number of aryl methyl sites for hydroxylation is 1. The summed E-state index contributed by atoms with van der Waals surface area (Å²) in [4.78, 5) is 2.72. The number of hydrogen-bond acceptors (Lipinski definition) is 1. The monoisotopic (exact) mass is 278 g/mol. The molecule has 1 nitrogen and oxygen atoms in total. The summed E-state index contributed by atoms with van der Waals surface area (Å²) in [7, 11) is 0. The zero-order chi connectivity index (χ0) is 13.7. The van der Waals surface area contributed by atoms with Gasteiger partial charge in [0, 0.05) is 34.4 Å². The molecular weight excluding hydrogens is 262 g/mol. The van der Waals surface area contributed by atoms with Crippen LogP contribution >= 0.6 is 11.3 Å². The molecule has 2 heteroatoms. The van der Waals surface area contributed by atoms with Crippen LogP contribution in [0.5, 0.6) is 0 Å². The summed E-state index contributed by atoms with van der Waals surface area (Å²) in [5.41, 5.74) is 5.45. The van der Waals surface area contributed by atoms with Crippen LogP contribution in [0.1, 0.15) is 23.4 Å². The second kappa shape index (κ2) is 4.29. The summed E-state index contributed by atoms with van der Waals surface area (Å²) >= 11 is 1.86. The molecule has 4 rings (SSSR count). The lowest BCUT2D eigenvalue weighted by Crippen LogP contribution is -2.35. The lowest BCUT2D eigenvalue weighted by molar-refractivity contribution is -0.694.